The predicted molar refractivity (Wildman–Crippen MR) is 94.6 cm³/mol. The van der Waals surface area contributed by atoms with Crippen molar-refractivity contribution in [2.75, 3.05) is 27.0 Å². The van der Waals surface area contributed by atoms with Crippen molar-refractivity contribution in [3.05, 3.63) is 53.6 Å². The van der Waals surface area contributed by atoms with Gasteiger partial charge in [-0.05, 0) is 42.3 Å². The quantitative estimate of drug-likeness (QED) is 0.785. The van der Waals surface area contributed by atoms with Crippen LogP contribution in [-0.2, 0) is 11.2 Å². The number of fused-ring (bicyclic) bond motifs is 1. The predicted octanol–water partition coefficient (Wildman–Crippen LogP) is 1.51. The molecule has 26 heavy (non-hydrogen) atoms. The zero-order valence-corrected chi connectivity index (χ0v) is 14.4. The molecular weight excluding hydrogens is 336 g/mol. The maximum absolute atomic E-state index is 12.1. The molecule has 0 spiro atoms. The monoisotopic (exact) mass is 356 g/mol. The minimum absolute atomic E-state index is 0.0874. The van der Waals surface area contributed by atoms with Crippen LogP contribution in [0.25, 0.3) is 0 Å². The second-order valence-corrected chi connectivity index (χ2v) is 5.70. The van der Waals surface area contributed by atoms with Crippen molar-refractivity contribution in [3.63, 3.8) is 0 Å². The van der Waals surface area contributed by atoms with Gasteiger partial charge in [-0.2, -0.15) is 0 Å². The van der Waals surface area contributed by atoms with Crippen molar-refractivity contribution in [3.8, 4) is 17.2 Å². The molecule has 0 atom stereocenters. The Labute approximate surface area is 151 Å². The van der Waals surface area contributed by atoms with Crippen LogP contribution in [0.15, 0.2) is 42.5 Å². The lowest BCUT2D eigenvalue weighted by Gasteiger charge is -2.08. The van der Waals surface area contributed by atoms with E-state index in [4.69, 9.17) is 14.2 Å². The summed E-state index contributed by atoms with van der Waals surface area (Å²) >= 11 is 0. The van der Waals surface area contributed by atoms with E-state index in [1.807, 2.05) is 24.3 Å². The number of rotatable bonds is 7. The summed E-state index contributed by atoms with van der Waals surface area (Å²) in [7, 11) is 1.62. The highest BCUT2D eigenvalue weighted by Crippen LogP contribution is 2.32. The molecule has 1 heterocycles. The summed E-state index contributed by atoms with van der Waals surface area (Å²) < 4.78 is 15.5. The van der Waals surface area contributed by atoms with Gasteiger partial charge < -0.3 is 24.8 Å². The fraction of sp³-hybridized carbons (Fsp3) is 0.263. The maximum Gasteiger partial charge on any atom is 0.251 e. The van der Waals surface area contributed by atoms with Crippen LogP contribution in [0, 0.1) is 0 Å². The first-order valence-electron chi connectivity index (χ1n) is 8.23. The average Bonchev–Trinajstić information content (AvgIpc) is 3.14. The SMILES string of the molecule is COc1ccc(CCNC(=O)CNC(=O)c2ccc3c(c2)OCO3)cc1. The fourth-order valence-corrected chi connectivity index (χ4v) is 2.50. The van der Waals surface area contributed by atoms with Crippen LogP contribution in [0.1, 0.15) is 15.9 Å². The highest BCUT2D eigenvalue weighted by atomic mass is 16.7. The van der Waals surface area contributed by atoms with Crippen LogP contribution < -0.4 is 24.8 Å². The standard InChI is InChI=1S/C19H20N2O5/c1-24-15-5-2-13(3-6-15)8-9-20-18(22)11-21-19(23)14-4-7-16-17(10-14)26-12-25-16/h2-7,10H,8-9,11-12H2,1H3,(H,20,22)(H,21,23). The van der Waals surface area contributed by atoms with Gasteiger partial charge in [-0.3, -0.25) is 9.59 Å². The molecule has 136 valence electrons. The van der Waals surface area contributed by atoms with Crippen LogP contribution in [0.5, 0.6) is 17.2 Å². The van der Waals surface area contributed by atoms with Gasteiger partial charge in [0.2, 0.25) is 12.7 Å². The van der Waals surface area contributed by atoms with E-state index >= 15 is 0 Å². The Hall–Kier alpha value is -3.22. The first kappa shape index (κ1) is 17.6. The summed E-state index contributed by atoms with van der Waals surface area (Å²) in [6.45, 7) is 0.554. The lowest BCUT2D eigenvalue weighted by atomic mass is 10.1. The first-order valence-corrected chi connectivity index (χ1v) is 8.23. The van der Waals surface area contributed by atoms with Gasteiger partial charge in [-0.15, -0.1) is 0 Å². The molecule has 2 N–H and O–H groups in total. The number of hydrogen-bond acceptors (Lipinski definition) is 5. The van der Waals surface area contributed by atoms with Crippen molar-refractivity contribution >= 4 is 11.8 Å². The van der Waals surface area contributed by atoms with Gasteiger partial charge in [-0.1, -0.05) is 12.1 Å². The number of carbonyl (C=O) groups is 2. The number of ether oxygens (including phenoxy) is 3. The molecule has 1 aliphatic heterocycles. The van der Waals surface area contributed by atoms with E-state index in [9.17, 15) is 9.59 Å². The highest BCUT2D eigenvalue weighted by molar-refractivity contribution is 5.97. The van der Waals surface area contributed by atoms with Crippen molar-refractivity contribution in [2.24, 2.45) is 0 Å². The van der Waals surface area contributed by atoms with E-state index in [0.717, 1.165) is 11.3 Å². The smallest absolute Gasteiger partial charge is 0.251 e. The number of methoxy groups -OCH3 is 1. The Balaban J connectivity index is 1.40. The zero-order valence-electron chi connectivity index (χ0n) is 14.4. The van der Waals surface area contributed by atoms with E-state index in [2.05, 4.69) is 10.6 Å². The van der Waals surface area contributed by atoms with Gasteiger partial charge >= 0.3 is 0 Å². The molecule has 2 amide bonds. The third-order valence-electron chi connectivity index (χ3n) is 3.94. The lowest BCUT2D eigenvalue weighted by Crippen LogP contribution is -2.37. The number of nitrogens with one attached hydrogen (secondary N) is 2. The molecule has 0 unspecified atom stereocenters. The van der Waals surface area contributed by atoms with Gasteiger partial charge in [0.15, 0.2) is 11.5 Å². The Morgan fingerprint density at radius 2 is 1.81 bits per heavy atom. The molecule has 0 radical (unpaired) electrons. The maximum atomic E-state index is 12.1. The normalized spacial score (nSPS) is 11.7. The van der Waals surface area contributed by atoms with Crippen LogP contribution in [0.4, 0.5) is 0 Å². The molecule has 0 bridgehead atoms. The van der Waals surface area contributed by atoms with E-state index in [-0.39, 0.29) is 25.2 Å². The van der Waals surface area contributed by atoms with Crippen LogP contribution in [0.2, 0.25) is 0 Å². The average molecular weight is 356 g/mol. The number of carbonyl (C=O) groups excluding carboxylic acids is 2. The summed E-state index contributed by atoms with van der Waals surface area (Å²) in [6.07, 6.45) is 0.700. The molecule has 0 saturated carbocycles. The van der Waals surface area contributed by atoms with E-state index in [1.165, 1.54) is 0 Å². The first-order chi connectivity index (χ1) is 12.7. The van der Waals surface area contributed by atoms with Crippen LogP contribution in [0.3, 0.4) is 0 Å². The van der Waals surface area contributed by atoms with Crippen molar-refractivity contribution in [1.82, 2.24) is 10.6 Å². The van der Waals surface area contributed by atoms with Gasteiger partial charge in [0.1, 0.15) is 5.75 Å². The number of amides is 2. The number of hydrogen-bond donors (Lipinski definition) is 2. The van der Waals surface area contributed by atoms with Crippen LogP contribution >= 0.6 is 0 Å². The molecule has 3 rings (SSSR count). The van der Waals surface area contributed by atoms with E-state index in [0.29, 0.717) is 30.0 Å². The molecule has 0 aliphatic carbocycles. The molecule has 0 aromatic heterocycles. The number of benzene rings is 2. The summed E-state index contributed by atoms with van der Waals surface area (Å²) in [5, 5.41) is 5.37. The second kappa shape index (κ2) is 8.24. The fourth-order valence-electron chi connectivity index (χ4n) is 2.50. The van der Waals surface area contributed by atoms with Crippen molar-refractivity contribution in [2.45, 2.75) is 6.42 Å². The van der Waals surface area contributed by atoms with E-state index < -0.39 is 0 Å². The highest BCUT2D eigenvalue weighted by Gasteiger charge is 2.16. The van der Waals surface area contributed by atoms with E-state index in [1.54, 1.807) is 25.3 Å². The Bertz CT molecular complexity index is 789. The minimum Gasteiger partial charge on any atom is -0.497 e. The topological polar surface area (TPSA) is 85.9 Å². The third-order valence-corrected chi connectivity index (χ3v) is 3.94. The van der Waals surface area contributed by atoms with Crippen molar-refractivity contribution in [1.29, 1.82) is 0 Å². The third kappa shape index (κ3) is 4.44. The Morgan fingerprint density at radius 3 is 2.58 bits per heavy atom. The van der Waals surface area contributed by atoms with Gasteiger partial charge in [0, 0.05) is 12.1 Å². The molecule has 7 heteroatoms. The molecule has 2 aromatic carbocycles. The zero-order chi connectivity index (χ0) is 18.4. The summed E-state index contributed by atoms with van der Waals surface area (Å²) in [5.74, 6) is 1.35. The van der Waals surface area contributed by atoms with Crippen molar-refractivity contribution < 1.29 is 23.8 Å². The summed E-state index contributed by atoms with van der Waals surface area (Å²) in [6, 6.07) is 12.6. The molecule has 7 nitrogen and oxygen atoms in total. The largest absolute Gasteiger partial charge is 0.497 e. The molecule has 2 aromatic rings. The lowest BCUT2D eigenvalue weighted by molar-refractivity contribution is -0.120. The molecule has 0 saturated heterocycles. The van der Waals surface area contributed by atoms with Crippen LogP contribution in [-0.4, -0.2) is 38.8 Å². The molecule has 1 aliphatic rings. The molecule has 0 fully saturated rings. The van der Waals surface area contributed by atoms with Gasteiger partial charge in [-0.25, -0.2) is 0 Å². The second-order valence-electron chi connectivity index (χ2n) is 5.70. The van der Waals surface area contributed by atoms with Gasteiger partial charge in [0.05, 0.1) is 13.7 Å². The Kier molecular flexibility index (Phi) is 5.58. The minimum atomic E-state index is -0.339. The Morgan fingerprint density at radius 1 is 1.04 bits per heavy atom. The van der Waals surface area contributed by atoms with Gasteiger partial charge in [0.25, 0.3) is 5.91 Å². The molecular formula is C19H20N2O5. The summed E-state index contributed by atoms with van der Waals surface area (Å²) in [4.78, 5) is 24.0. The summed E-state index contributed by atoms with van der Waals surface area (Å²) in [5.41, 5.74) is 1.51.